The number of hydrogen-bond acceptors (Lipinski definition) is 5. The van der Waals surface area contributed by atoms with E-state index in [1.807, 2.05) is 4.90 Å². The van der Waals surface area contributed by atoms with Crippen LogP contribution in [-0.4, -0.2) is 72.7 Å². The molecule has 0 N–H and O–H groups in total. The molecule has 1 aromatic heterocycles. The second-order valence-corrected chi connectivity index (χ2v) is 5.83. The molecule has 3 saturated heterocycles. The quantitative estimate of drug-likeness (QED) is 0.735. The largest absolute Gasteiger partial charge is 0.475 e. The molecule has 1 aromatic rings. The van der Waals surface area contributed by atoms with E-state index in [-0.39, 0.29) is 5.91 Å². The van der Waals surface area contributed by atoms with Crippen molar-refractivity contribution in [2.45, 2.75) is 25.4 Å². The number of hydrogen-bond donors (Lipinski definition) is 0. The van der Waals surface area contributed by atoms with Gasteiger partial charge in [0.2, 0.25) is 5.88 Å². The van der Waals surface area contributed by atoms with Gasteiger partial charge in [0, 0.05) is 44.5 Å². The lowest BCUT2D eigenvalue weighted by molar-refractivity contribution is -0.0459. The van der Waals surface area contributed by atoms with Gasteiger partial charge in [-0.05, 0) is 19.0 Å². The van der Waals surface area contributed by atoms with Crippen molar-refractivity contribution >= 4 is 5.91 Å². The van der Waals surface area contributed by atoms with Crippen LogP contribution in [-0.2, 0) is 4.74 Å². The van der Waals surface area contributed by atoms with Gasteiger partial charge >= 0.3 is 0 Å². The normalized spacial score (nSPS) is 24.0. The van der Waals surface area contributed by atoms with Crippen molar-refractivity contribution in [3.05, 3.63) is 23.9 Å². The van der Waals surface area contributed by atoms with Crippen LogP contribution >= 0.6 is 0 Å². The molecule has 1 amide bonds. The van der Waals surface area contributed by atoms with E-state index in [1.165, 1.54) is 0 Å². The number of likely N-dealkylation sites (N-methyl/N-ethyl adjacent to an activating group) is 1. The Kier molecular flexibility index (Phi) is 4.59. The third-order valence-corrected chi connectivity index (χ3v) is 4.47. The number of aromatic nitrogens is 1. The molecule has 3 aliphatic heterocycles. The van der Waals surface area contributed by atoms with Gasteiger partial charge in [0.15, 0.2) is 0 Å². The number of ether oxygens (including phenoxy) is 2. The van der Waals surface area contributed by atoms with Crippen molar-refractivity contribution in [3.63, 3.8) is 0 Å². The molecule has 2 bridgehead atoms. The third-order valence-electron chi connectivity index (χ3n) is 4.47. The van der Waals surface area contributed by atoms with Crippen LogP contribution in [0.2, 0.25) is 0 Å². The molecule has 6 nitrogen and oxygen atoms in total. The summed E-state index contributed by atoms with van der Waals surface area (Å²) in [6.45, 7) is 6.19. The van der Waals surface area contributed by atoms with E-state index in [9.17, 15) is 4.79 Å². The van der Waals surface area contributed by atoms with Crippen LogP contribution in [0.25, 0.3) is 0 Å². The Balaban J connectivity index is 1.59. The maximum Gasteiger partial charge on any atom is 0.256 e. The number of piperazine rings is 1. The maximum absolute atomic E-state index is 12.6. The first kappa shape index (κ1) is 15.2. The Morgan fingerprint density at radius 3 is 2.68 bits per heavy atom. The first-order valence-corrected chi connectivity index (χ1v) is 7.85. The number of pyridine rings is 1. The van der Waals surface area contributed by atoms with Gasteiger partial charge in [0.05, 0.1) is 12.2 Å². The molecule has 3 fully saturated rings. The van der Waals surface area contributed by atoms with Gasteiger partial charge in [-0.15, -0.1) is 0 Å². The molecule has 3 aliphatic rings. The second kappa shape index (κ2) is 6.62. The molecule has 0 saturated carbocycles. The molecule has 22 heavy (non-hydrogen) atoms. The predicted molar refractivity (Wildman–Crippen MR) is 82.1 cm³/mol. The molecule has 0 radical (unpaired) electrons. The fourth-order valence-electron chi connectivity index (χ4n) is 3.26. The van der Waals surface area contributed by atoms with Gasteiger partial charge < -0.3 is 14.4 Å². The smallest absolute Gasteiger partial charge is 0.256 e. The number of piperidine rings is 1. The zero-order valence-electron chi connectivity index (χ0n) is 13.2. The van der Waals surface area contributed by atoms with Crippen molar-refractivity contribution in [3.8, 4) is 5.88 Å². The molecule has 0 spiro atoms. The minimum absolute atomic E-state index is 0.0907. The zero-order valence-corrected chi connectivity index (χ0v) is 13.2. The number of carbonyl (C=O) groups excluding carboxylic acids is 1. The third kappa shape index (κ3) is 2.94. The number of methoxy groups -OCH3 is 1. The van der Waals surface area contributed by atoms with Crippen LogP contribution in [0.1, 0.15) is 23.7 Å². The number of rotatable bonds is 6. The molecular formula is C16H23N3O3. The van der Waals surface area contributed by atoms with Crippen LogP contribution < -0.4 is 4.74 Å². The van der Waals surface area contributed by atoms with Crippen LogP contribution in [0, 0.1) is 0 Å². The SMILES string of the molecule is CCN1CC2CC(C1)N2C(=O)c1ccc(OCCOC)nc1. The lowest BCUT2D eigenvalue weighted by atomic mass is 9.86. The molecule has 2 atom stereocenters. The van der Waals surface area contributed by atoms with Gasteiger partial charge in [-0.1, -0.05) is 6.92 Å². The van der Waals surface area contributed by atoms with E-state index in [0.717, 1.165) is 26.1 Å². The van der Waals surface area contributed by atoms with Crippen LogP contribution in [0.15, 0.2) is 18.3 Å². The van der Waals surface area contributed by atoms with Gasteiger partial charge in [-0.3, -0.25) is 9.69 Å². The Hall–Kier alpha value is -1.66. The summed E-state index contributed by atoms with van der Waals surface area (Å²) >= 11 is 0. The summed E-state index contributed by atoms with van der Waals surface area (Å²) in [6, 6.07) is 4.27. The summed E-state index contributed by atoms with van der Waals surface area (Å²) in [5.41, 5.74) is 0.638. The van der Waals surface area contributed by atoms with Crippen LogP contribution in [0.4, 0.5) is 0 Å². The van der Waals surface area contributed by atoms with Crippen molar-refractivity contribution in [2.24, 2.45) is 0 Å². The molecule has 120 valence electrons. The molecule has 4 heterocycles. The van der Waals surface area contributed by atoms with Gasteiger partial charge in [-0.25, -0.2) is 4.98 Å². The van der Waals surface area contributed by atoms with Crippen molar-refractivity contribution in [1.29, 1.82) is 0 Å². The van der Waals surface area contributed by atoms with E-state index in [2.05, 4.69) is 16.8 Å². The van der Waals surface area contributed by atoms with E-state index < -0.39 is 0 Å². The first-order chi connectivity index (χ1) is 10.7. The molecule has 6 heteroatoms. The summed E-state index contributed by atoms with van der Waals surface area (Å²) in [4.78, 5) is 21.2. The van der Waals surface area contributed by atoms with E-state index in [1.54, 1.807) is 25.4 Å². The molecule has 4 rings (SSSR count). The average Bonchev–Trinajstić information content (AvgIpc) is 2.55. The summed E-state index contributed by atoms with van der Waals surface area (Å²) in [6.07, 6.45) is 2.74. The highest BCUT2D eigenvalue weighted by molar-refractivity contribution is 5.95. The first-order valence-electron chi connectivity index (χ1n) is 7.85. The maximum atomic E-state index is 12.6. The monoisotopic (exact) mass is 305 g/mol. The molecule has 0 aliphatic carbocycles. The summed E-state index contributed by atoms with van der Waals surface area (Å²) in [7, 11) is 1.63. The number of fused-ring (bicyclic) bond motifs is 2. The van der Waals surface area contributed by atoms with E-state index in [0.29, 0.717) is 36.7 Å². The highest BCUT2D eigenvalue weighted by Crippen LogP contribution is 2.33. The second-order valence-electron chi connectivity index (χ2n) is 5.83. The molecular weight excluding hydrogens is 282 g/mol. The Morgan fingerprint density at radius 2 is 2.09 bits per heavy atom. The van der Waals surface area contributed by atoms with Gasteiger partial charge in [-0.2, -0.15) is 0 Å². The summed E-state index contributed by atoms with van der Waals surface area (Å²) < 4.78 is 10.3. The number of nitrogens with zero attached hydrogens (tertiary/aromatic N) is 3. The average molecular weight is 305 g/mol. The highest BCUT2D eigenvalue weighted by atomic mass is 16.5. The topological polar surface area (TPSA) is 54.9 Å². The standard InChI is InChI=1S/C16H23N3O3/c1-3-18-10-13-8-14(11-18)19(13)16(20)12-4-5-15(17-9-12)22-7-6-21-2/h4-5,9,13-14H,3,6-8,10-11H2,1-2H3. The number of amides is 1. The van der Waals surface area contributed by atoms with Crippen LogP contribution in [0.5, 0.6) is 5.88 Å². The Morgan fingerprint density at radius 1 is 1.32 bits per heavy atom. The number of carbonyl (C=O) groups is 1. The van der Waals surface area contributed by atoms with Gasteiger partial charge in [0.25, 0.3) is 5.91 Å². The van der Waals surface area contributed by atoms with Crippen LogP contribution in [0.3, 0.4) is 0 Å². The van der Waals surface area contributed by atoms with E-state index in [4.69, 9.17) is 9.47 Å². The summed E-state index contributed by atoms with van der Waals surface area (Å²) in [5, 5.41) is 0. The minimum atomic E-state index is 0.0907. The van der Waals surface area contributed by atoms with Crippen molar-refractivity contribution in [1.82, 2.24) is 14.8 Å². The minimum Gasteiger partial charge on any atom is -0.475 e. The Labute approximate surface area is 131 Å². The van der Waals surface area contributed by atoms with Gasteiger partial charge in [0.1, 0.15) is 6.61 Å². The summed E-state index contributed by atoms with van der Waals surface area (Å²) in [5.74, 6) is 0.613. The molecule has 2 unspecified atom stereocenters. The fourth-order valence-corrected chi connectivity index (χ4v) is 3.26. The lowest BCUT2D eigenvalue weighted by Crippen LogP contribution is -2.70. The molecule has 0 aromatic carbocycles. The lowest BCUT2D eigenvalue weighted by Gasteiger charge is -2.56. The fraction of sp³-hybridized carbons (Fsp3) is 0.625. The highest BCUT2D eigenvalue weighted by Gasteiger charge is 2.46. The Bertz CT molecular complexity index is 508. The van der Waals surface area contributed by atoms with Crippen molar-refractivity contribution in [2.75, 3.05) is 40.0 Å². The van der Waals surface area contributed by atoms with Crippen molar-refractivity contribution < 1.29 is 14.3 Å². The predicted octanol–water partition coefficient (Wildman–Crippen LogP) is 1.03. The van der Waals surface area contributed by atoms with E-state index >= 15 is 0 Å². The zero-order chi connectivity index (χ0) is 15.5.